The summed E-state index contributed by atoms with van der Waals surface area (Å²) in [6.07, 6.45) is 0.879. The second kappa shape index (κ2) is 4.80. The molecule has 1 N–H and O–H groups in total. The van der Waals surface area contributed by atoms with Crippen LogP contribution in [-0.2, 0) is 4.74 Å². The zero-order valence-corrected chi connectivity index (χ0v) is 7.99. The molecule has 0 radical (unpaired) electrons. The number of β-amino-alcohol motifs (C(OH)–C–C–N with tert-alkyl or cyclic N) is 1. The van der Waals surface area contributed by atoms with Gasteiger partial charge in [-0.2, -0.15) is 0 Å². The Bertz CT molecular complexity index is 128. The number of rotatable bonds is 3. The SMILES string of the molecule is CCC1COCCN1C[C@H](C)O. The van der Waals surface area contributed by atoms with Gasteiger partial charge in [0.1, 0.15) is 0 Å². The van der Waals surface area contributed by atoms with Gasteiger partial charge in [0.15, 0.2) is 0 Å². The molecule has 0 aliphatic carbocycles. The van der Waals surface area contributed by atoms with Crippen molar-refractivity contribution in [2.75, 3.05) is 26.3 Å². The molecule has 1 rings (SSSR count). The van der Waals surface area contributed by atoms with Crippen LogP contribution in [0.3, 0.4) is 0 Å². The molecule has 1 saturated heterocycles. The van der Waals surface area contributed by atoms with Crippen LogP contribution >= 0.6 is 0 Å². The number of hydrogen-bond donors (Lipinski definition) is 1. The molecular formula is C9H19NO2. The maximum absolute atomic E-state index is 9.24. The van der Waals surface area contributed by atoms with Gasteiger partial charge in [-0.25, -0.2) is 0 Å². The van der Waals surface area contributed by atoms with Gasteiger partial charge in [0, 0.05) is 19.1 Å². The maximum atomic E-state index is 9.24. The number of aliphatic hydroxyl groups excluding tert-OH is 1. The lowest BCUT2D eigenvalue weighted by Gasteiger charge is -2.35. The van der Waals surface area contributed by atoms with E-state index in [0.29, 0.717) is 6.04 Å². The van der Waals surface area contributed by atoms with Crippen molar-refractivity contribution in [1.29, 1.82) is 0 Å². The molecule has 0 aromatic carbocycles. The Morgan fingerprint density at radius 2 is 2.42 bits per heavy atom. The van der Waals surface area contributed by atoms with Crippen molar-refractivity contribution in [2.24, 2.45) is 0 Å². The molecule has 0 amide bonds. The van der Waals surface area contributed by atoms with Gasteiger partial charge in [0.25, 0.3) is 0 Å². The Kier molecular flexibility index (Phi) is 3.98. The predicted molar refractivity (Wildman–Crippen MR) is 48.2 cm³/mol. The van der Waals surface area contributed by atoms with Crippen LogP contribution in [0.1, 0.15) is 20.3 Å². The smallest absolute Gasteiger partial charge is 0.0639 e. The lowest BCUT2D eigenvalue weighted by molar-refractivity contribution is -0.0247. The number of morpholine rings is 1. The average Bonchev–Trinajstić information content (AvgIpc) is 2.04. The second-order valence-electron chi connectivity index (χ2n) is 3.48. The van der Waals surface area contributed by atoms with E-state index in [1.165, 1.54) is 0 Å². The predicted octanol–water partition coefficient (Wildman–Crippen LogP) is 0.478. The molecule has 0 saturated carbocycles. The topological polar surface area (TPSA) is 32.7 Å². The van der Waals surface area contributed by atoms with E-state index in [1.807, 2.05) is 6.92 Å². The fourth-order valence-corrected chi connectivity index (χ4v) is 1.64. The lowest BCUT2D eigenvalue weighted by Crippen LogP contribution is -2.47. The molecule has 1 heterocycles. The van der Waals surface area contributed by atoms with Crippen LogP contribution in [0.25, 0.3) is 0 Å². The summed E-state index contributed by atoms with van der Waals surface area (Å²) in [5.74, 6) is 0. The van der Waals surface area contributed by atoms with Crippen molar-refractivity contribution >= 4 is 0 Å². The molecule has 12 heavy (non-hydrogen) atoms. The van der Waals surface area contributed by atoms with Crippen molar-refractivity contribution in [3.8, 4) is 0 Å². The fourth-order valence-electron chi connectivity index (χ4n) is 1.64. The van der Waals surface area contributed by atoms with E-state index in [0.717, 1.165) is 32.7 Å². The van der Waals surface area contributed by atoms with Crippen molar-refractivity contribution in [2.45, 2.75) is 32.4 Å². The molecule has 3 nitrogen and oxygen atoms in total. The minimum Gasteiger partial charge on any atom is -0.392 e. The number of nitrogens with zero attached hydrogens (tertiary/aromatic N) is 1. The highest BCUT2D eigenvalue weighted by Gasteiger charge is 2.21. The van der Waals surface area contributed by atoms with Crippen molar-refractivity contribution in [3.05, 3.63) is 0 Å². The Labute approximate surface area is 74.3 Å². The summed E-state index contributed by atoms with van der Waals surface area (Å²) >= 11 is 0. The Morgan fingerprint density at radius 3 is 3.00 bits per heavy atom. The summed E-state index contributed by atoms with van der Waals surface area (Å²) in [6.45, 7) is 7.37. The average molecular weight is 173 g/mol. The molecule has 1 unspecified atom stereocenters. The molecule has 72 valence electrons. The molecule has 0 aromatic heterocycles. The van der Waals surface area contributed by atoms with Gasteiger partial charge in [-0.1, -0.05) is 6.92 Å². The van der Waals surface area contributed by atoms with E-state index < -0.39 is 0 Å². The second-order valence-corrected chi connectivity index (χ2v) is 3.48. The first-order valence-corrected chi connectivity index (χ1v) is 4.74. The van der Waals surface area contributed by atoms with Crippen LogP contribution in [0.5, 0.6) is 0 Å². The van der Waals surface area contributed by atoms with Gasteiger partial charge in [0.2, 0.25) is 0 Å². The maximum Gasteiger partial charge on any atom is 0.0639 e. The third-order valence-corrected chi connectivity index (χ3v) is 2.32. The van der Waals surface area contributed by atoms with Crippen LogP contribution < -0.4 is 0 Å². The summed E-state index contributed by atoms with van der Waals surface area (Å²) in [6, 6.07) is 0.508. The standard InChI is InChI=1S/C9H19NO2/c1-3-9-7-12-5-4-10(9)6-8(2)11/h8-9,11H,3-7H2,1-2H3/t8-,9?/m0/s1. The lowest BCUT2D eigenvalue weighted by atomic mass is 10.1. The van der Waals surface area contributed by atoms with Crippen LogP contribution in [0.2, 0.25) is 0 Å². The van der Waals surface area contributed by atoms with E-state index in [1.54, 1.807) is 0 Å². The Hall–Kier alpha value is -0.120. The molecule has 0 bridgehead atoms. The normalized spacial score (nSPS) is 28.8. The van der Waals surface area contributed by atoms with Gasteiger partial charge in [-0.15, -0.1) is 0 Å². The monoisotopic (exact) mass is 173 g/mol. The van der Waals surface area contributed by atoms with Gasteiger partial charge < -0.3 is 9.84 Å². The van der Waals surface area contributed by atoms with Crippen molar-refractivity contribution in [1.82, 2.24) is 4.90 Å². The quantitative estimate of drug-likeness (QED) is 0.673. The largest absolute Gasteiger partial charge is 0.392 e. The number of hydrogen-bond acceptors (Lipinski definition) is 3. The third kappa shape index (κ3) is 2.73. The van der Waals surface area contributed by atoms with E-state index >= 15 is 0 Å². The summed E-state index contributed by atoms with van der Waals surface area (Å²) in [5.41, 5.74) is 0. The fraction of sp³-hybridized carbons (Fsp3) is 1.00. The zero-order chi connectivity index (χ0) is 8.97. The molecule has 1 aliphatic rings. The van der Waals surface area contributed by atoms with E-state index in [-0.39, 0.29) is 6.10 Å². The minimum absolute atomic E-state index is 0.225. The van der Waals surface area contributed by atoms with Crippen molar-refractivity contribution < 1.29 is 9.84 Å². The molecule has 0 aromatic rings. The summed E-state index contributed by atoms with van der Waals surface area (Å²) in [7, 11) is 0. The Balaban J connectivity index is 2.36. The van der Waals surface area contributed by atoms with Gasteiger partial charge in [-0.3, -0.25) is 4.90 Å². The highest BCUT2D eigenvalue weighted by atomic mass is 16.5. The van der Waals surface area contributed by atoms with Crippen LogP contribution in [-0.4, -0.2) is 48.5 Å². The number of aliphatic hydroxyl groups is 1. The summed E-state index contributed by atoms with van der Waals surface area (Å²) in [5, 5.41) is 9.24. The molecule has 2 atom stereocenters. The van der Waals surface area contributed by atoms with Crippen LogP contribution in [0.4, 0.5) is 0 Å². The van der Waals surface area contributed by atoms with E-state index in [9.17, 15) is 5.11 Å². The van der Waals surface area contributed by atoms with E-state index in [4.69, 9.17) is 4.74 Å². The molecular weight excluding hydrogens is 154 g/mol. The minimum atomic E-state index is -0.225. The third-order valence-electron chi connectivity index (χ3n) is 2.32. The van der Waals surface area contributed by atoms with Crippen LogP contribution in [0, 0.1) is 0 Å². The van der Waals surface area contributed by atoms with E-state index in [2.05, 4.69) is 11.8 Å². The van der Waals surface area contributed by atoms with Gasteiger partial charge >= 0.3 is 0 Å². The van der Waals surface area contributed by atoms with Gasteiger partial charge in [0.05, 0.1) is 19.3 Å². The first-order chi connectivity index (χ1) is 5.74. The Morgan fingerprint density at radius 1 is 1.67 bits per heavy atom. The van der Waals surface area contributed by atoms with Crippen molar-refractivity contribution in [3.63, 3.8) is 0 Å². The van der Waals surface area contributed by atoms with Crippen LogP contribution in [0.15, 0.2) is 0 Å². The summed E-state index contributed by atoms with van der Waals surface area (Å²) < 4.78 is 5.36. The highest BCUT2D eigenvalue weighted by molar-refractivity contribution is 4.75. The first kappa shape index (κ1) is 9.96. The molecule has 1 fully saturated rings. The first-order valence-electron chi connectivity index (χ1n) is 4.74. The molecule has 1 aliphatic heterocycles. The molecule has 0 spiro atoms. The summed E-state index contributed by atoms with van der Waals surface area (Å²) in [4.78, 5) is 2.31. The zero-order valence-electron chi connectivity index (χ0n) is 7.99. The van der Waals surface area contributed by atoms with Gasteiger partial charge in [-0.05, 0) is 13.3 Å². The number of ether oxygens (including phenoxy) is 1. The highest BCUT2D eigenvalue weighted by Crippen LogP contribution is 2.10. The molecule has 3 heteroatoms.